The number of aryl methyl sites for hydroxylation is 1. The molecule has 1 aliphatic heterocycles. The highest BCUT2D eigenvalue weighted by atomic mass is 32.1. The van der Waals surface area contributed by atoms with Crippen LogP contribution in [0.2, 0.25) is 0 Å². The Hall–Kier alpha value is -3.16. The summed E-state index contributed by atoms with van der Waals surface area (Å²) in [5, 5.41) is 44.6. The molecule has 12 heteroatoms. The van der Waals surface area contributed by atoms with Crippen LogP contribution >= 0.6 is 11.7 Å². The van der Waals surface area contributed by atoms with Gasteiger partial charge in [0.25, 0.3) is 5.88 Å². The number of hydrogen-bond donors (Lipinski definition) is 6. The molecule has 3 aromatic rings. The van der Waals surface area contributed by atoms with E-state index in [1.165, 1.54) is 11.6 Å². The molecule has 1 aromatic heterocycles. The number of aliphatic hydroxyl groups is 1. The Balaban J connectivity index is 0.000000236. The number of nitrogens with zero attached hydrogens (tertiary/aromatic N) is 3. The average Bonchev–Trinajstić information content (AvgIpc) is 3.46. The van der Waals surface area contributed by atoms with E-state index in [0.29, 0.717) is 37.4 Å². The molecule has 43 heavy (non-hydrogen) atoms. The van der Waals surface area contributed by atoms with E-state index in [1.54, 1.807) is 18.2 Å². The van der Waals surface area contributed by atoms with E-state index >= 15 is 0 Å². The van der Waals surface area contributed by atoms with E-state index < -0.39 is 6.10 Å². The summed E-state index contributed by atoms with van der Waals surface area (Å²) >= 11 is 1.12. The Morgan fingerprint density at radius 2 is 1.67 bits per heavy atom. The summed E-state index contributed by atoms with van der Waals surface area (Å²) in [6.07, 6.45) is 2.21. The standard InChI is InChI=1S/C18H23NO3.C13H24N4O3S/c1-13(2-3-14-4-7-16(20)8-5-14)19-11-10-15-6-9-17(21)18(22)12-15;1-13(2,3)14-8-10(18)9-20-12-11(15-21-16-12)17-4-6-19-7-5-17/h4-9,12-13,19-22H,2-3,10-11H2,1H3;10,14,18H,4-9H2,1-3H3/t;10-/m.0/s1. The number of hydrogen-bond acceptors (Lipinski definition) is 12. The third kappa shape index (κ3) is 12.9. The molecule has 6 N–H and O–H groups in total. The molecule has 0 saturated carbocycles. The van der Waals surface area contributed by atoms with Gasteiger partial charge in [-0.05, 0) is 88.9 Å². The molecule has 0 radical (unpaired) electrons. The van der Waals surface area contributed by atoms with Crippen molar-refractivity contribution < 1.29 is 29.9 Å². The molecule has 0 aliphatic carbocycles. The van der Waals surface area contributed by atoms with Crippen LogP contribution in [-0.2, 0) is 17.6 Å². The first-order valence-corrected chi connectivity index (χ1v) is 15.5. The van der Waals surface area contributed by atoms with Gasteiger partial charge < -0.3 is 45.4 Å². The fraction of sp³-hybridized carbons (Fsp3) is 0.548. The summed E-state index contributed by atoms with van der Waals surface area (Å²) in [7, 11) is 0. The van der Waals surface area contributed by atoms with Gasteiger partial charge in [-0.2, -0.15) is 4.37 Å². The Kier molecular flexibility index (Phi) is 13.7. The SMILES string of the molecule is CC(C)(C)NC[C@H](O)COc1nsnc1N1CCOCC1.CC(CCc1ccc(O)cc1)NCCc1ccc(O)c(O)c1. The maximum absolute atomic E-state index is 9.95. The lowest BCUT2D eigenvalue weighted by Gasteiger charge is -2.27. The molecule has 1 saturated heterocycles. The second-order valence-electron chi connectivity index (χ2n) is 11.7. The highest BCUT2D eigenvalue weighted by Gasteiger charge is 2.21. The van der Waals surface area contributed by atoms with Crippen LogP contribution in [0.4, 0.5) is 5.82 Å². The van der Waals surface area contributed by atoms with Crippen molar-refractivity contribution in [3.63, 3.8) is 0 Å². The van der Waals surface area contributed by atoms with Gasteiger partial charge in [0.15, 0.2) is 11.5 Å². The van der Waals surface area contributed by atoms with Crippen molar-refractivity contribution in [2.75, 3.05) is 50.9 Å². The monoisotopic (exact) mass is 617 g/mol. The Labute approximate surface area is 258 Å². The summed E-state index contributed by atoms with van der Waals surface area (Å²) in [5.74, 6) is 1.39. The summed E-state index contributed by atoms with van der Waals surface area (Å²) in [6.45, 7) is 12.8. The van der Waals surface area contributed by atoms with Crippen LogP contribution in [0.25, 0.3) is 0 Å². The van der Waals surface area contributed by atoms with Crippen molar-refractivity contribution in [2.24, 2.45) is 0 Å². The van der Waals surface area contributed by atoms with E-state index in [-0.39, 0.29) is 23.6 Å². The number of nitrogens with one attached hydrogen (secondary N) is 2. The van der Waals surface area contributed by atoms with Crippen LogP contribution in [0.3, 0.4) is 0 Å². The molecule has 1 unspecified atom stereocenters. The van der Waals surface area contributed by atoms with Gasteiger partial charge in [-0.15, -0.1) is 4.37 Å². The van der Waals surface area contributed by atoms with Crippen molar-refractivity contribution in [3.05, 3.63) is 53.6 Å². The van der Waals surface area contributed by atoms with Gasteiger partial charge in [0, 0.05) is 31.2 Å². The van der Waals surface area contributed by atoms with E-state index in [1.807, 2.05) is 18.2 Å². The smallest absolute Gasteiger partial charge is 0.270 e. The van der Waals surface area contributed by atoms with Crippen LogP contribution in [-0.4, -0.2) is 92.9 Å². The fourth-order valence-corrected chi connectivity index (χ4v) is 4.75. The minimum absolute atomic E-state index is 0.0257. The quantitative estimate of drug-likeness (QED) is 0.156. The Morgan fingerprint density at radius 1 is 0.977 bits per heavy atom. The number of β-amino-alcohol motifs (C(OH)–C–C–N with tert-alkyl or cyclic N) is 1. The fourth-order valence-electron chi connectivity index (χ4n) is 4.23. The third-order valence-electron chi connectivity index (χ3n) is 6.78. The number of benzene rings is 2. The maximum atomic E-state index is 9.95. The van der Waals surface area contributed by atoms with Crippen molar-refractivity contribution in [3.8, 4) is 23.1 Å². The molecule has 0 bridgehead atoms. The molecule has 238 valence electrons. The Bertz CT molecular complexity index is 1210. The highest BCUT2D eigenvalue weighted by Crippen LogP contribution is 2.26. The molecule has 4 rings (SSSR count). The molecule has 0 amide bonds. The van der Waals surface area contributed by atoms with E-state index in [2.05, 4.69) is 52.0 Å². The predicted octanol–water partition coefficient (Wildman–Crippen LogP) is 3.46. The van der Waals surface area contributed by atoms with Gasteiger partial charge in [0.2, 0.25) is 5.82 Å². The highest BCUT2D eigenvalue weighted by molar-refractivity contribution is 6.99. The zero-order chi connectivity index (χ0) is 31.2. The van der Waals surface area contributed by atoms with E-state index in [9.17, 15) is 20.4 Å². The lowest BCUT2D eigenvalue weighted by molar-refractivity contribution is 0.0975. The lowest BCUT2D eigenvalue weighted by Crippen LogP contribution is -2.42. The number of rotatable bonds is 13. The molecule has 2 atom stereocenters. The predicted molar refractivity (Wildman–Crippen MR) is 170 cm³/mol. The first-order chi connectivity index (χ1) is 20.5. The van der Waals surface area contributed by atoms with Crippen molar-refractivity contribution in [1.82, 2.24) is 19.4 Å². The van der Waals surface area contributed by atoms with Crippen LogP contribution in [0.1, 0.15) is 45.2 Å². The number of phenolic OH excluding ortho intramolecular Hbond substituents is 3. The number of ether oxygens (including phenoxy) is 2. The van der Waals surface area contributed by atoms with Crippen molar-refractivity contribution >= 4 is 17.5 Å². The summed E-state index contributed by atoms with van der Waals surface area (Å²) in [5.41, 5.74) is 2.19. The molecule has 11 nitrogen and oxygen atoms in total. The number of aromatic nitrogens is 2. The van der Waals surface area contributed by atoms with Gasteiger partial charge in [-0.3, -0.25) is 0 Å². The zero-order valence-electron chi connectivity index (χ0n) is 25.6. The van der Waals surface area contributed by atoms with Crippen LogP contribution in [0.15, 0.2) is 42.5 Å². The van der Waals surface area contributed by atoms with Crippen molar-refractivity contribution in [1.29, 1.82) is 0 Å². The second-order valence-corrected chi connectivity index (χ2v) is 12.2. The molecule has 0 spiro atoms. The van der Waals surface area contributed by atoms with Crippen LogP contribution < -0.4 is 20.3 Å². The zero-order valence-corrected chi connectivity index (χ0v) is 26.4. The molecular weight excluding hydrogens is 570 g/mol. The minimum atomic E-state index is -0.580. The lowest BCUT2D eigenvalue weighted by atomic mass is 10.1. The van der Waals surface area contributed by atoms with Gasteiger partial charge in [-0.1, -0.05) is 18.2 Å². The first kappa shape index (κ1) is 34.3. The van der Waals surface area contributed by atoms with E-state index in [0.717, 1.165) is 62.0 Å². The van der Waals surface area contributed by atoms with Gasteiger partial charge in [0.1, 0.15) is 18.5 Å². The number of phenols is 3. The summed E-state index contributed by atoms with van der Waals surface area (Å²) < 4.78 is 19.4. The van der Waals surface area contributed by atoms with Gasteiger partial charge in [-0.25, -0.2) is 0 Å². The van der Waals surface area contributed by atoms with E-state index in [4.69, 9.17) is 9.47 Å². The van der Waals surface area contributed by atoms with Gasteiger partial charge in [0.05, 0.1) is 24.9 Å². The summed E-state index contributed by atoms with van der Waals surface area (Å²) in [4.78, 5) is 2.10. The van der Waals surface area contributed by atoms with Gasteiger partial charge >= 0.3 is 0 Å². The van der Waals surface area contributed by atoms with Crippen molar-refractivity contribution in [2.45, 2.75) is 64.6 Å². The average molecular weight is 618 g/mol. The maximum Gasteiger partial charge on any atom is 0.270 e. The molecule has 2 aromatic carbocycles. The minimum Gasteiger partial charge on any atom is -0.508 e. The van der Waals surface area contributed by atoms with Crippen LogP contribution in [0.5, 0.6) is 23.1 Å². The number of aromatic hydroxyl groups is 3. The first-order valence-electron chi connectivity index (χ1n) is 14.7. The number of aliphatic hydroxyl groups excluding tert-OH is 1. The van der Waals surface area contributed by atoms with Crippen LogP contribution in [0, 0.1) is 0 Å². The third-order valence-corrected chi connectivity index (χ3v) is 7.28. The normalized spacial score (nSPS) is 15.0. The molecule has 1 aliphatic rings. The largest absolute Gasteiger partial charge is 0.508 e. The second kappa shape index (κ2) is 17.2. The topological polar surface area (TPSA) is 152 Å². The Morgan fingerprint density at radius 3 is 2.35 bits per heavy atom. The summed E-state index contributed by atoms with van der Waals surface area (Å²) in [6, 6.07) is 12.6. The number of anilines is 1. The molecule has 1 fully saturated rings. The molecule has 2 heterocycles. The molecular formula is C31H47N5O6S. The number of morpholine rings is 1.